The maximum atomic E-state index is 4.74. The molecular formula is C23H26N4S. The minimum Gasteiger partial charge on any atom is -0.371 e. The third kappa shape index (κ3) is 2.49. The van der Waals surface area contributed by atoms with Crippen molar-refractivity contribution in [2.75, 3.05) is 49.6 Å². The number of hydrogen-bond donors (Lipinski definition) is 0. The standard InChI is InChI=1S/C23H26N4S/c1-25-13-14-27-20-10-12-26(15-18(20)16-6-4-7-21(25)23(16)27)11-9-19-17-5-2-3-8-22(17)28-24-19/h2-8,18,20H,9-15H2,1H3/t18-,20-/m0/s1. The molecule has 3 aliphatic heterocycles. The van der Waals surface area contributed by atoms with Gasteiger partial charge in [-0.05, 0) is 35.6 Å². The van der Waals surface area contributed by atoms with Gasteiger partial charge in [0.25, 0.3) is 0 Å². The summed E-state index contributed by atoms with van der Waals surface area (Å²) < 4.78 is 6.05. The number of likely N-dealkylation sites (N-methyl/N-ethyl adjacent to an activating group) is 1. The molecule has 0 radical (unpaired) electrons. The Labute approximate surface area is 170 Å². The number of benzene rings is 2. The molecule has 2 aromatic carbocycles. The molecule has 6 rings (SSSR count). The molecule has 0 saturated carbocycles. The van der Waals surface area contributed by atoms with Crippen molar-refractivity contribution in [2.24, 2.45) is 0 Å². The number of anilines is 2. The molecule has 1 saturated heterocycles. The molecule has 5 heteroatoms. The van der Waals surface area contributed by atoms with E-state index in [1.807, 2.05) is 0 Å². The Morgan fingerprint density at radius 2 is 2.00 bits per heavy atom. The second-order valence-corrected chi connectivity index (χ2v) is 9.27. The van der Waals surface area contributed by atoms with E-state index in [-0.39, 0.29) is 0 Å². The van der Waals surface area contributed by atoms with Crippen molar-refractivity contribution in [3.63, 3.8) is 0 Å². The van der Waals surface area contributed by atoms with Crippen molar-refractivity contribution in [1.29, 1.82) is 0 Å². The van der Waals surface area contributed by atoms with Gasteiger partial charge in [0, 0.05) is 63.5 Å². The van der Waals surface area contributed by atoms with Crippen LogP contribution in [0.2, 0.25) is 0 Å². The molecular weight excluding hydrogens is 364 g/mol. The fraction of sp³-hybridized carbons (Fsp3) is 0.435. The molecule has 4 heterocycles. The number of hydrogen-bond acceptors (Lipinski definition) is 5. The summed E-state index contributed by atoms with van der Waals surface area (Å²) >= 11 is 1.64. The Morgan fingerprint density at radius 3 is 2.96 bits per heavy atom. The molecule has 4 nitrogen and oxygen atoms in total. The van der Waals surface area contributed by atoms with E-state index in [0.717, 1.165) is 19.5 Å². The third-order valence-corrected chi connectivity index (χ3v) is 7.86. The number of rotatable bonds is 3. The van der Waals surface area contributed by atoms with E-state index in [1.54, 1.807) is 17.1 Å². The zero-order chi connectivity index (χ0) is 18.7. The topological polar surface area (TPSA) is 22.6 Å². The number of fused-ring (bicyclic) bond motifs is 4. The lowest BCUT2D eigenvalue weighted by atomic mass is 9.89. The summed E-state index contributed by atoms with van der Waals surface area (Å²) in [5, 5.41) is 1.35. The molecule has 28 heavy (non-hydrogen) atoms. The number of aromatic nitrogens is 1. The zero-order valence-corrected chi connectivity index (χ0v) is 17.2. The molecule has 144 valence electrons. The summed E-state index contributed by atoms with van der Waals surface area (Å²) in [6.45, 7) is 5.82. The highest BCUT2D eigenvalue weighted by Gasteiger charge is 2.44. The van der Waals surface area contributed by atoms with Crippen LogP contribution in [0.4, 0.5) is 11.4 Å². The molecule has 1 fully saturated rings. The quantitative estimate of drug-likeness (QED) is 0.675. The van der Waals surface area contributed by atoms with Crippen LogP contribution in [0, 0.1) is 0 Å². The molecule has 3 aromatic rings. The van der Waals surface area contributed by atoms with Crippen molar-refractivity contribution >= 4 is 33.0 Å². The van der Waals surface area contributed by atoms with Gasteiger partial charge < -0.3 is 14.7 Å². The predicted molar refractivity (Wildman–Crippen MR) is 118 cm³/mol. The molecule has 0 amide bonds. The molecule has 0 aliphatic carbocycles. The molecule has 3 aliphatic rings. The fourth-order valence-electron chi connectivity index (χ4n) is 5.56. The van der Waals surface area contributed by atoms with Gasteiger partial charge in [-0.2, -0.15) is 4.37 Å². The summed E-state index contributed by atoms with van der Waals surface area (Å²) in [5.74, 6) is 0.655. The summed E-state index contributed by atoms with van der Waals surface area (Å²) in [4.78, 5) is 7.83. The second kappa shape index (κ2) is 6.46. The van der Waals surface area contributed by atoms with Crippen LogP contribution < -0.4 is 9.80 Å². The monoisotopic (exact) mass is 390 g/mol. The normalized spacial score (nSPS) is 23.9. The van der Waals surface area contributed by atoms with E-state index in [0.29, 0.717) is 12.0 Å². The molecule has 2 atom stereocenters. The number of para-hydroxylation sites is 1. The van der Waals surface area contributed by atoms with Crippen LogP contribution in [-0.4, -0.2) is 55.1 Å². The first kappa shape index (κ1) is 16.8. The Kier molecular flexibility index (Phi) is 3.88. The Bertz CT molecular complexity index is 1030. The number of piperidine rings is 1. The molecule has 0 N–H and O–H groups in total. The van der Waals surface area contributed by atoms with E-state index in [4.69, 9.17) is 4.37 Å². The van der Waals surface area contributed by atoms with Gasteiger partial charge in [0.1, 0.15) is 0 Å². The van der Waals surface area contributed by atoms with Crippen molar-refractivity contribution < 1.29 is 0 Å². The van der Waals surface area contributed by atoms with E-state index in [1.165, 1.54) is 53.2 Å². The van der Waals surface area contributed by atoms with Gasteiger partial charge in [0.15, 0.2) is 0 Å². The summed E-state index contributed by atoms with van der Waals surface area (Å²) in [7, 11) is 2.24. The van der Waals surface area contributed by atoms with Gasteiger partial charge in [0.05, 0.1) is 21.8 Å². The zero-order valence-electron chi connectivity index (χ0n) is 16.3. The largest absolute Gasteiger partial charge is 0.371 e. The summed E-state index contributed by atoms with van der Waals surface area (Å²) in [6, 6.07) is 16.3. The number of likely N-dealkylation sites (tertiary alicyclic amines) is 1. The van der Waals surface area contributed by atoms with Gasteiger partial charge in [0.2, 0.25) is 0 Å². The first-order valence-corrected chi connectivity index (χ1v) is 11.2. The third-order valence-electron chi connectivity index (χ3n) is 7.00. The summed E-state index contributed by atoms with van der Waals surface area (Å²) in [6.07, 6.45) is 2.33. The average molecular weight is 391 g/mol. The predicted octanol–water partition coefficient (Wildman–Crippen LogP) is 3.97. The molecule has 0 bridgehead atoms. The fourth-order valence-corrected chi connectivity index (χ4v) is 6.38. The second-order valence-electron chi connectivity index (χ2n) is 8.47. The van der Waals surface area contributed by atoms with Crippen molar-refractivity contribution in [1.82, 2.24) is 9.27 Å². The Hall–Kier alpha value is -2.11. The van der Waals surface area contributed by atoms with Crippen LogP contribution in [0.15, 0.2) is 42.5 Å². The Morgan fingerprint density at radius 1 is 1.07 bits per heavy atom. The highest BCUT2D eigenvalue weighted by atomic mass is 32.1. The first-order chi connectivity index (χ1) is 13.8. The minimum atomic E-state index is 0.655. The van der Waals surface area contributed by atoms with Gasteiger partial charge >= 0.3 is 0 Å². The lowest BCUT2D eigenvalue weighted by Gasteiger charge is -2.41. The first-order valence-electron chi connectivity index (χ1n) is 10.5. The minimum absolute atomic E-state index is 0.655. The smallest absolute Gasteiger partial charge is 0.0644 e. The lowest BCUT2D eigenvalue weighted by molar-refractivity contribution is 0.195. The van der Waals surface area contributed by atoms with Crippen LogP contribution in [0.1, 0.15) is 23.6 Å². The Balaban J connectivity index is 1.22. The van der Waals surface area contributed by atoms with Gasteiger partial charge in [-0.1, -0.05) is 30.3 Å². The van der Waals surface area contributed by atoms with Crippen molar-refractivity contribution in [2.45, 2.75) is 24.8 Å². The van der Waals surface area contributed by atoms with E-state index in [2.05, 4.69) is 64.2 Å². The molecule has 1 aromatic heterocycles. The molecule has 0 unspecified atom stereocenters. The van der Waals surface area contributed by atoms with Crippen LogP contribution >= 0.6 is 11.5 Å². The van der Waals surface area contributed by atoms with Gasteiger partial charge in [-0.15, -0.1) is 0 Å². The van der Waals surface area contributed by atoms with E-state index >= 15 is 0 Å². The van der Waals surface area contributed by atoms with Crippen LogP contribution in [0.3, 0.4) is 0 Å². The highest BCUT2D eigenvalue weighted by Crippen LogP contribution is 2.50. The SMILES string of the molecule is CN1CCN2c3c(cccc31)[C@@H]1CN(CCc3nsc4ccccc34)CC[C@@H]12. The van der Waals surface area contributed by atoms with Crippen LogP contribution in [0.25, 0.3) is 10.1 Å². The van der Waals surface area contributed by atoms with Crippen LogP contribution in [0.5, 0.6) is 0 Å². The van der Waals surface area contributed by atoms with Gasteiger partial charge in [-0.25, -0.2) is 0 Å². The maximum absolute atomic E-state index is 4.74. The average Bonchev–Trinajstić information content (AvgIpc) is 3.29. The van der Waals surface area contributed by atoms with Crippen molar-refractivity contribution in [3.05, 3.63) is 53.7 Å². The number of nitrogens with zero attached hydrogens (tertiary/aromatic N) is 4. The van der Waals surface area contributed by atoms with E-state index in [9.17, 15) is 0 Å². The molecule has 0 spiro atoms. The van der Waals surface area contributed by atoms with Gasteiger partial charge in [-0.3, -0.25) is 0 Å². The highest BCUT2D eigenvalue weighted by molar-refractivity contribution is 7.13. The maximum Gasteiger partial charge on any atom is 0.0644 e. The lowest BCUT2D eigenvalue weighted by Crippen LogP contribution is -2.49. The van der Waals surface area contributed by atoms with Crippen LogP contribution in [-0.2, 0) is 6.42 Å². The van der Waals surface area contributed by atoms with Crippen molar-refractivity contribution in [3.8, 4) is 0 Å². The summed E-state index contributed by atoms with van der Waals surface area (Å²) in [5.41, 5.74) is 5.81. The van der Waals surface area contributed by atoms with E-state index < -0.39 is 0 Å².